The van der Waals surface area contributed by atoms with Crippen LogP contribution in [0.15, 0.2) is 46.9 Å². The molecule has 0 aromatic heterocycles. The average molecular weight is 403 g/mol. The maximum Gasteiger partial charge on any atom is 0.0577 e. The van der Waals surface area contributed by atoms with E-state index in [-0.39, 0.29) is 0 Å². The van der Waals surface area contributed by atoms with E-state index in [1.165, 1.54) is 5.56 Å². The summed E-state index contributed by atoms with van der Waals surface area (Å²) >= 11 is 5.78. The van der Waals surface area contributed by atoms with E-state index in [9.17, 15) is 0 Å². The largest absolute Gasteiger partial charge is 0.397 e. The molecule has 0 aliphatic rings. The molecule has 0 saturated carbocycles. The van der Waals surface area contributed by atoms with Crippen LogP contribution in [0.25, 0.3) is 0 Å². The van der Waals surface area contributed by atoms with Gasteiger partial charge in [-0.1, -0.05) is 34.1 Å². The van der Waals surface area contributed by atoms with Crippen LogP contribution in [0, 0.1) is 3.57 Å². The van der Waals surface area contributed by atoms with Gasteiger partial charge in [0.05, 0.1) is 11.4 Å². The van der Waals surface area contributed by atoms with Crippen molar-refractivity contribution in [3.05, 3.63) is 56.1 Å². The summed E-state index contributed by atoms with van der Waals surface area (Å²) in [5.41, 5.74) is 8.91. The second-order valence-electron chi connectivity index (χ2n) is 3.68. The second-order valence-corrected chi connectivity index (χ2v) is 5.78. The minimum absolute atomic E-state index is 0.756. The molecule has 0 unspecified atom stereocenters. The fraction of sp³-hybridized carbons (Fsp3) is 0.0769. The number of hydrogen-bond acceptors (Lipinski definition) is 2. The van der Waals surface area contributed by atoms with E-state index in [4.69, 9.17) is 5.73 Å². The lowest BCUT2D eigenvalue weighted by molar-refractivity contribution is 1.14. The van der Waals surface area contributed by atoms with Crippen LogP contribution in [-0.4, -0.2) is 0 Å². The molecule has 0 aliphatic heterocycles. The number of anilines is 2. The molecule has 4 heteroatoms. The van der Waals surface area contributed by atoms with Crippen LogP contribution in [-0.2, 0) is 6.54 Å². The van der Waals surface area contributed by atoms with Crippen LogP contribution in [0.5, 0.6) is 0 Å². The maximum atomic E-state index is 5.94. The Morgan fingerprint density at radius 1 is 1.18 bits per heavy atom. The van der Waals surface area contributed by atoms with Crippen LogP contribution in [0.4, 0.5) is 11.4 Å². The number of nitrogens with two attached hydrogens (primary N) is 1. The van der Waals surface area contributed by atoms with E-state index < -0.39 is 0 Å². The first kappa shape index (κ1) is 12.7. The van der Waals surface area contributed by atoms with E-state index in [1.54, 1.807) is 0 Å². The van der Waals surface area contributed by atoms with Crippen LogP contribution in [0.2, 0.25) is 0 Å². The Kier molecular flexibility index (Phi) is 4.28. The van der Waals surface area contributed by atoms with Gasteiger partial charge in [0.1, 0.15) is 0 Å². The average Bonchev–Trinajstić information content (AvgIpc) is 2.30. The van der Waals surface area contributed by atoms with Crippen LogP contribution >= 0.6 is 38.5 Å². The fourth-order valence-electron chi connectivity index (χ4n) is 1.53. The molecule has 0 bridgehead atoms. The molecule has 0 spiro atoms. The molecule has 2 nitrogen and oxygen atoms in total. The van der Waals surface area contributed by atoms with E-state index in [0.29, 0.717) is 0 Å². The maximum absolute atomic E-state index is 5.94. The van der Waals surface area contributed by atoms with Crippen molar-refractivity contribution >= 4 is 49.9 Å². The lowest BCUT2D eigenvalue weighted by Gasteiger charge is -2.10. The normalized spacial score (nSPS) is 10.2. The lowest BCUT2D eigenvalue weighted by Crippen LogP contribution is -2.03. The quantitative estimate of drug-likeness (QED) is 0.595. The van der Waals surface area contributed by atoms with E-state index in [2.05, 4.69) is 49.9 Å². The van der Waals surface area contributed by atoms with Gasteiger partial charge < -0.3 is 11.1 Å². The number of halogens is 2. The van der Waals surface area contributed by atoms with Gasteiger partial charge in [-0.05, 0) is 52.4 Å². The molecular weight excluding hydrogens is 391 g/mol. The van der Waals surface area contributed by atoms with Gasteiger partial charge in [0, 0.05) is 14.6 Å². The van der Waals surface area contributed by atoms with Crippen molar-refractivity contribution in [1.29, 1.82) is 0 Å². The number of nitrogen functional groups attached to an aromatic ring is 1. The first-order chi connectivity index (χ1) is 8.16. The first-order valence-corrected chi connectivity index (χ1v) is 7.06. The van der Waals surface area contributed by atoms with Gasteiger partial charge in [-0.25, -0.2) is 0 Å². The summed E-state index contributed by atoms with van der Waals surface area (Å²) in [4.78, 5) is 0. The van der Waals surface area contributed by atoms with E-state index in [1.807, 2.05) is 36.4 Å². The molecule has 0 saturated heterocycles. The zero-order chi connectivity index (χ0) is 12.3. The molecule has 17 heavy (non-hydrogen) atoms. The Morgan fingerprint density at radius 2 is 1.94 bits per heavy atom. The van der Waals surface area contributed by atoms with Gasteiger partial charge in [0.25, 0.3) is 0 Å². The van der Waals surface area contributed by atoms with Gasteiger partial charge in [-0.3, -0.25) is 0 Å². The standard InChI is InChI=1S/C13H12BrIN2/c14-11-4-2-1-3-9(11)8-17-13-6-5-10(15)7-12(13)16/h1-7,17H,8,16H2. The summed E-state index contributed by atoms with van der Waals surface area (Å²) in [5.74, 6) is 0. The molecule has 0 amide bonds. The second kappa shape index (κ2) is 5.73. The van der Waals surface area contributed by atoms with Gasteiger partial charge in [0.15, 0.2) is 0 Å². The number of rotatable bonds is 3. The van der Waals surface area contributed by atoms with Crippen molar-refractivity contribution in [3.8, 4) is 0 Å². The molecule has 0 radical (unpaired) electrons. The Labute approximate surface area is 123 Å². The van der Waals surface area contributed by atoms with Crippen molar-refractivity contribution in [3.63, 3.8) is 0 Å². The molecular formula is C13H12BrIN2. The third kappa shape index (κ3) is 3.35. The molecule has 3 N–H and O–H groups in total. The zero-order valence-electron chi connectivity index (χ0n) is 9.08. The van der Waals surface area contributed by atoms with Crippen molar-refractivity contribution in [2.75, 3.05) is 11.1 Å². The summed E-state index contributed by atoms with van der Waals surface area (Å²) < 4.78 is 2.25. The summed E-state index contributed by atoms with van der Waals surface area (Å²) in [5, 5.41) is 3.34. The Hall–Kier alpha value is -0.750. The molecule has 88 valence electrons. The van der Waals surface area contributed by atoms with Crippen molar-refractivity contribution in [2.24, 2.45) is 0 Å². The lowest BCUT2D eigenvalue weighted by atomic mass is 10.2. The smallest absolute Gasteiger partial charge is 0.0577 e. The van der Waals surface area contributed by atoms with Crippen molar-refractivity contribution < 1.29 is 0 Å². The SMILES string of the molecule is Nc1cc(I)ccc1NCc1ccccc1Br. The zero-order valence-corrected chi connectivity index (χ0v) is 12.8. The number of hydrogen-bond donors (Lipinski definition) is 2. The molecule has 0 heterocycles. The van der Waals surface area contributed by atoms with E-state index >= 15 is 0 Å². The third-order valence-corrected chi connectivity index (χ3v) is 3.89. The van der Waals surface area contributed by atoms with Crippen molar-refractivity contribution in [2.45, 2.75) is 6.54 Å². The minimum Gasteiger partial charge on any atom is -0.397 e. The Bertz CT molecular complexity index is 529. The highest BCUT2D eigenvalue weighted by Crippen LogP contribution is 2.23. The predicted octanol–water partition coefficient (Wildman–Crippen LogP) is 4.25. The molecule has 0 fully saturated rings. The third-order valence-electron chi connectivity index (χ3n) is 2.44. The molecule has 2 rings (SSSR count). The molecule has 0 aliphatic carbocycles. The van der Waals surface area contributed by atoms with Crippen LogP contribution in [0.1, 0.15) is 5.56 Å². The Morgan fingerprint density at radius 3 is 2.65 bits per heavy atom. The highest BCUT2D eigenvalue weighted by atomic mass is 127. The monoisotopic (exact) mass is 402 g/mol. The molecule has 2 aromatic rings. The van der Waals surface area contributed by atoms with E-state index in [0.717, 1.165) is 26.0 Å². The summed E-state index contributed by atoms with van der Waals surface area (Å²) in [6.07, 6.45) is 0. The highest BCUT2D eigenvalue weighted by molar-refractivity contribution is 14.1. The number of benzene rings is 2. The van der Waals surface area contributed by atoms with Crippen molar-refractivity contribution in [1.82, 2.24) is 0 Å². The summed E-state index contributed by atoms with van der Waals surface area (Å²) in [7, 11) is 0. The van der Waals surface area contributed by atoms with Gasteiger partial charge in [0.2, 0.25) is 0 Å². The number of nitrogens with one attached hydrogen (secondary N) is 1. The first-order valence-electron chi connectivity index (χ1n) is 5.19. The molecule has 0 atom stereocenters. The minimum atomic E-state index is 0.756. The van der Waals surface area contributed by atoms with Gasteiger partial charge >= 0.3 is 0 Å². The van der Waals surface area contributed by atoms with Gasteiger partial charge in [-0.2, -0.15) is 0 Å². The van der Waals surface area contributed by atoms with Gasteiger partial charge in [-0.15, -0.1) is 0 Å². The van der Waals surface area contributed by atoms with Crippen LogP contribution in [0.3, 0.4) is 0 Å². The Balaban J connectivity index is 2.10. The summed E-state index contributed by atoms with van der Waals surface area (Å²) in [6.45, 7) is 0.756. The topological polar surface area (TPSA) is 38.0 Å². The van der Waals surface area contributed by atoms with Crippen LogP contribution < -0.4 is 11.1 Å². The highest BCUT2D eigenvalue weighted by Gasteiger charge is 2.01. The molecule has 2 aromatic carbocycles. The predicted molar refractivity (Wildman–Crippen MR) is 85.0 cm³/mol. The summed E-state index contributed by atoms with van der Waals surface area (Å²) in [6, 6.07) is 14.2. The fourth-order valence-corrected chi connectivity index (χ4v) is 2.47.